The summed E-state index contributed by atoms with van der Waals surface area (Å²) in [4.78, 5) is 41.3. The van der Waals surface area contributed by atoms with Crippen molar-refractivity contribution < 1.29 is 31.2 Å². The van der Waals surface area contributed by atoms with Crippen molar-refractivity contribution in [3.05, 3.63) is 92.9 Å². The van der Waals surface area contributed by atoms with E-state index in [1.165, 1.54) is 42.2 Å². The molecule has 0 unspecified atom stereocenters. The lowest BCUT2D eigenvalue weighted by atomic mass is 10.1. The summed E-state index contributed by atoms with van der Waals surface area (Å²) in [6, 6.07) is 11.0. The van der Waals surface area contributed by atoms with Crippen molar-refractivity contribution in [1.82, 2.24) is 14.8 Å². The first-order valence-corrected chi connectivity index (χ1v) is 13.8. The van der Waals surface area contributed by atoms with Gasteiger partial charge in [-0.15, -0.1) is 0 Å². The second-order valence-corrected chi connectivity index (χ2v) is 11.1. The van der Waals surface area contributed by atoms with Crippen LogP contribution in [0, 0.1) is 6.92 Å². The molecule has 2 amide bonds. The Labute approximate surface area is 224 Å². The number of carbonyl (C=O) groups is 2. The van der Waals surface area contributed by atoms with E-state index in [0.29, 0.717) is 18.5 Å². The second-order valence-electron chi connectivity index (χ2n) is 9.07. The summed E-state index contributed by atoms with van der Waals surface area (Å²) in [5.41, 5.74) is -1.85. The smallest absolute Gasteiger partial charge is 0.348 e. The zero-order chi connectivity index (χ0) is 29.1. The number of benzene rings is 2. The first kappa shape index (κ1) is 29.6. The van der Waals surface area contributed by atoms with Crippen LogP contribution in [0.4, 0.5) is 13.2 Å². The zero-order valence-corrected chi connectivity index (χ0v) is 22.6. The molecular formula is C27H28F3N3O5S. The molecule has 0 aliphatic rings. The van der Waals surface area contributed by atoms with Crippen molar-refractivity contribution in [2.75, 3.05) is 19.8 Å². The van der Waals surface area contributed by atoms with Crippen LogP contribution in [0.25, 0.3) is 5.69 Å². The molecule has 2 aromatic carbocycles. The number of pyridine rings is 1. The van der Waals surface area contributed by atoms with Crippen LogP contribution in [-0.4, -0.2) is 49.5 Å². The third kappa shape index (κ3) is 6.75. The minimum absolute atomic E-state index is 0.00869. The number of hydrogen-bond donors (Lipinski definition) is 1. The number of nitrogens with one attached hydrogen (secondary N) is 1. The fourth-order valence-electron chi connectivity index (χ4n) is 3.99. The highest BCUT2D eigenvalue weighted by atomic mass is 32.2. The van der Waals surface area contributed by atoms with E-state index >= 15 is 0 Å². The SMILES string of the molecule is CCCN(C)C(=O)c1cc(C(=O)NCc2ccc(S(C)(=O)=O)cc2)c(=O)n(-c2cccc(C(F)(F)F)c2)c1C. The van der Waals surface area contributed by atoms with Crippen LogP contribution in [0.2, 0.25) is 0 Å². The van der Waals surface area contributed by atoms with Crippen LogP contribution in [0.1, 0.15) is 50.9 Å². The largest absolute Gasteiger partial charge is 0.416 e. The standard InChI is InChI=1S/C27H28F3N3O5S/c1-5-13-32(3)25(35)22-15-23(24(34)31-16-18-9-11-21(12-10-18)39(4,37)38)26(36)33(17(22)2)20-8-6-7-19(14-20)27(28,29)30/h6-12,14-15H,5,13,16H2,1-4H3,(H,31,34). The van der Waals surface area contributed by atoms with Gasteiger partial charge in [-0.2, -0.15) is 13.2 Å². The number of carbonyl (C=O) groups excluding carboxylic acids is 2. The Morgan fingerprint density at radius 1 is 1.03 bits per heavy atom. The van der Waals surface area contributed by atoms with Gasteiger partial charge in [-0.25, -0.2) is 8.42 Å². The Hall–Kier alpha value is -3.93. The van der Waals surface area contributed by atoms with Crippen molar-refractivity contribution in [3.63, 3.8) is 0 Å². The molecule has 0 aliphatic heterocycles. The third-order valence-electron chi connectivity index (χ3n) is 6.06. The van der Waals surface area contributed by atoms with Crippen LogP contribution in [0.15, 0.2) is 64.3 Å². The van der Waals surface area contributed by atoms with Gasteiger partial charge in [0.15, 0.2) is 9.84 Å². The van der Waals surface area contributed by atoms with Crippen molar-refractivity contribution in [2.45, 2.75) is 37.9 Å². The van der Waals surface area contributed by atoms with Gasteiger partial charge < -0.3 is 10.2 Å². The molecule has 0 radical (unpaired) electrons. The van der Waals surface area contributed by atoms with E-state index in [-0.39, 0.29) is 28.4 Å². The van der Waals surface area contributed by atoms with Crippen LogP contribution in [-0.2, 0) is 22.6 Å². The Morgan fingerprint density at radius 2 is 1.67 bits per heavy atom. The number of hydrogen-bond acceptors (Lipinski definition) is 5. The molecule has 39 heavy (non-hydrogen) atoms. The molecule has 1 N–H and O–H groups in total. The number of rotatable bonds is 8. The molecule has 3 aromatic rings. The summed E-state index contributed by atoms with van der Waals surface area (Å²) in [5.74, 6) is -1.35. The fourth-order valence-corrected chi connectivity index (χ4v) is 4.62. The predicted octanol–water partition coefficient (Wildman–Crippen LogP) is 3.98. The molecule has 0 fully saturated rings. The lowest BCUT2D eigenvalue weighted by molar-refractivity contribution is -0.137. The molecule has 0 bridgehead atoms. The van der Waals surface area contributed by atoms with Gasteiger partial charge in [0.2, 0.25) is 0 Å². The van der Waals surface area contributed by atoms with Crippen LogP contribution in [0.5, 0.6) is 0 Å². The first-order chi connectivity index (χ1) is 18.1. The third-order valence-corrected chi connectivity index (χ3v) is 7.19. The van der Waals surface area contributed by atoms with E-state index in [9.17, 15) is 36.0 Å². The van der Waals surface area contributed by atoms with Crippen molar-refractivity contribution in [3.8, 4) is 5.69 Å². The molecule has 0 saturated carbocycles. The average molecular weight is 564 g/mol. The monoisotopic (exact) mass is 563 g/mol. The van der Waals surface area contributed by atoms with E-state index in [1.54, 1.807) is 7.05 Å². The molecule has 0 atom stereocenters. The number of alkyl halides is 3. The second kappa shape index (κ2) is 11.4. The number of sulfone groups is 1. The Kier molecular flexibility index (Phi) is 8.69. The first-order valence-electron chi connectivity index (χ1n) is 11.9. The zero-order valence-electron chi connectivity index (χ0n) is 21.8. The van der Waals surface area contributed by atoms with Crippen LogP contribution in [0.3, 0.4) is 0 Å². The summed E-state index contributed by atoms with van der Waals surface area (Å²) in [6.07, 6.45) is -2.97. The number of halogens is 3. The van der Waals surface area contributed by atoms with E-state index in [0.717, 1.165) is 35.1 Å². The van der Waals surface area contributed by atoms with Gasteiger partial charge in [-0.3, -0.25) is 19.0 Å². The average Bonchev–Trinajstić information content (AvgIpc) is 2.86. The lowest BCUT2D eigenvalue weighted by Gasteiger charge is -2.21. The van der Waals surface area contributed by atoms with Gasteiger partial charge >= 0.3 is 6.18 Å². The molecule has 8 nitrogen and oxygen atoms in total. The molecule has 3 rings (SSSR count). The fraction of sp³-hybridized carbons (Fsp3) is 0.296. The molecule has 12 heteroatoms. The van der Waals surface area contributed by atoms with Gasteiger partial charge in [0.25, 0.3) is 17.4 Å². The molecule has 0 saturated heterocycles. The number of nitrogens with zero attached hydrogens (tertiary/aromatic N) is 2. The predicted molar refractivity (Wildman–Crippen MR) is 140 cm³/mol. The summed E-state index contributed by atoms with van der Waals surface area (Å²) in [7, 11) is -1.86. The molecule has 1 heterocycles. The van der Waals surface area contributed by atoms with E-state index in [2.05, 4.69) is 5.32 Å². The summed E-state index contributed by atoms with van der Waals surface area (Å²) >= 11 is 0. The summed E-state index contributed by atoms with van der Waals surface area (Å²) in [6.45, 7) is 3.60. The molecular weight excluding hydrogens is 535 g/mol. The molecule has 208 valence electrons. The van der Waals surface area contributed by atoms with E-state index in [4.69, 9.17) is 0 Å². The molecule has 0 spiro atoms. The lowest BCUT2D eigenvalue weighted by Crippen LogP contribution is -2.36. The van der Waals surface area contributed by atoms with Gasteiger partial charge in [-0.05, 0) is 55.3 Å². The van der Waals surface area contributed by atoms with Gasteiger partial charge in [-0.1, -0.05) is 25.1 Å². The van der Waals surface area contributed by atoms with Crippen molar-refractivity contribution in [1.29, 1.82) is 0 Å². The summed E-state index contributed by atoms with van der Waals surface area (Å²) in [5, 5.41) is 2.56. The normalized spacial score (nSPS) is 11.8. The van der Waals surface area contributed by atoms with Gasteiger partial charge in [0, 0.05) is 37.8 Å². The van der Waals surface area contributed by atoms with Crippen molar-refractivity contribution >= 4 is 21.7 Å². The van der Waals surface area contributed by atoms with Crippen molar-refractivity contribution in [2.24, 2.45) is 0 Å². The van der Waals surface area contributed by atoms with E-state index in [1.807, 2.05) is 6.92 Å². The minimum atomic E-state index is -4.67. The van der Waals surface area contributed by atoms with E-state index < -0.39 is 44.5 Å². The quantitative estimate of drug-likeness (QED) is 0.447. The topological polar surface area (TPSA) is 106 Å². The Balaban J connectivity index is 2.08. The van der Waals surface area contributed by atoms with Gasteiger partial charge in [0.1, 0.15) is 5.56 Å². The Morgan fingerprint density at radius 3 is 2.23 bits per heavy atom. The van der Waals surface area contributed by atoms with Crippen LogP contribution < -0.4 is 10.9 Å². The highest BCUT2D eigenvalue weighted by Gasteiger charge is 2.31. The maximum atomic E-state index is 13.5. The molecule has 1 aromatic heterocycles. The van der Waals surface area contributed by atoms with Gasteiger partial charge in [0.05, 0.1) is 16.0 Å². The highest BCUT2D eigenvalue weighted by molar-refractivity contribution is 7.90. The maximum Gasteiger partial charge on any atom is 0.416 e. The highest BCUT2D eigenvalue weighted by Crippen LogP contribution is 2.30. The summed E-state index contributed by atoms with van der Waals surface area (Å²) < 4.78 is 64.4. The maximum absolute atomic E-state index is 13.5. The molecule has 0 aliphatic carbocycles. The van der Waals surface area contributed by atoms with Crippen LogP contribution >= 0.6 is 0 Å². The number of amides is 2. The number of aromatic nitrogens is 1. The minimum Gasteiger partial charge on any atom is -0.348 e. The Bertz CT molecular complexity index is 1560.